The van der Waals surface area contributed by atoms with Gasteiger partial charge in [0.2, 0.25) is 0 Å². The van der Waals surface area contributed by atoms with E-state index in [0.717, 1.165) is 31.0 Å². The minimum atomic E-state index is -0.583. The van der Waals surface area contributed by atoms with Crippen molar-refractivity contribution in [1.29, 1.82) is 0 Å². The number of rotatable bonds is 3. The predicted molar refractivity (Wildman–Crippen MR) is 69.3 cm³/mol. The molecule has 0 amide bonds. The van der Waals surface area contributed by atoms with Gasteiger partial charge in [-0.05, 0) is 24.1 Å². The van der Waals surface area contributed by atoms with E-state index in [1.54, 1.807) is 12.1 Å². The summed E-state index contributed by atoms with van der Waals surface area (Å²) in [5, 5.41) is 16.8. The zero-order valence-corrected chi connectivity index (χ0v) is 10.2. The fraction of sp³-hybridized carbons (Fsp3) is 0.417. The quantitative estimate of drug-likeness (QED) is 0.761. The Kier molecular flexibility index (Phi) is 4.23. The molecule has 4 nitrogen and oxygen atoms in total. The number of guanidine groups is 1. The molecule has 1 heterocycles. The minimum absolute atomic E-state index is 0.423. The largest absolute Gasteiger partial charge is 0.387 e. The van der Waals surface area contributed by atoms with Gasteiger partial charge in [0.05, 0.1) is 6.10 Å². The maximum Gasteiger partial charge on any atom is 0.191 e. The fourth-order valence-electron chi connectivity index (χ4n) is 1.68. The Balaban J connectivity index is 1.88. The van der Waals surface area contributed by atoms with E-state index in [9.17, 15) is 5.11 Å². The molecule has 0 unspecified atom stereocenters. The van der Waals surface area contributed by atoms with Crippen LogP contribution in [-0.2, 0) is 0 Å². The van der Waals surface area contributed by atoms with Gasteiger partial charge in [-0.15, -0.1) is 0 Å². The van der Waals surface area contributed by atoms with Crippen LogP contribution in [0.25, 0.3) is 0 Å². The number of benzene rings is 1. The maximum atomic E-state index is 9.97. The van der Waals surface area contributed by atoms with Crippen molar-refractivity contribution in [2.75, 3.05) is 19.6 Å². The van der Waals surface area contributed by atoms with Crippen LogP contribution in [0.5, 0.6) is 0 Å². The summed E-state index contributed by atoms with van der Waals surface area (Å²) in [5.74, 6) is 0.761. The number of halogens is 1. The molecular weight excluding hydrogens is 238 g/mol. The van der Waals surface area contributed by atoms with Gasteiger partial charge in [-0.3, -0.25) is 4.99 Å². The van der Waals surface area contributed by atoms with Gasteiger partial charge in [-0.25, -0.2) is 0 Å². The van der Waals surface area contributed by atoms with Crippen molar-refractivity contribution in [3.8, 4) is 0 Å². The van der Waals surface area contributed by atoms with Crippen LogP contribution in [0.3, 0.4) is 0 Å². The molecule has 1 aliphatic rings. The highest BCUT2D eigenvalue weighted by atomic mass is 35.5. The molecule has 0 radical (unpaired) electrons. The Hall–Kier alpha value is -1.26. The van der Waals surface area contributed by atoms with E-state index >= 15 is 0 Å². The van der Waals surface area contributed by atoms with Gasteiger partial charge in [0.15, 0.2) is 5.96 Å². The third-order valence-corrected chi connectivity index (χ3v) is 2.83. The number of hydrogen-bond donors (Lipinski definition) is 3. The number of hydrogen-bond acceptors (Lipinski definition) is 4. The summed E-state index contributed by atoms with van der Waals surface area (Å²) >= 11 is 5.87. The van der Waals surface area contributed by atoms with Crippen LogP contribution in [-0.4, -0.2) is 30.7 Å². The summed E-state index contributed by atoms with van der Waals surface area (Å²) < 4.78 is 0. The van der Waals surface area contributed by atoms with E-state index in [1.807, 2.05) is 12.1 Å². The maximum absolute atomic E-state index is 9.97. The highest BCUT2D eigenvalue weighted by Crippen LogP contribution is 2.16. The van der Waals surface area contributed by atoms with E-state index in [4.69, 9.17) is 11.6 Å². The fourth-order valence-corrected chi connectivity index (χ4v) is 1.87. The normalized spacial score (nSPS) is 16.9. The SMILES string of the molecule is O[C@H](CNC1=NCCCN1)c1cccc(Cl)c1. The second kappa shape index (κ2) is 5.89. The average molecular weight is 254 g/mol. The Morgan fingerprint density at radius 3 is 3.12 bits per heavy atom. The summed E-state index contributed by atoms with van der Waals surface area (Å²) in [6.45, 7) is 2.19. The molecule has 2 rings (SSSR count). The molecule has 3 N–H and O–H groups in total. The Labute approximate surface area is 106 Å². The Morgan fingerprint density at radius 1 is 1.53 bits per heavy atom. The first-order valence-corrected chi connectivity index (χ1v) is 6.09. The van der Waals surface area contributed by atoms with E-state index in [1.165, 1.54) is 0 Å². The highest BCUT2D eigenvalue weighted by molar-refractivity contribution is 6.30. The number of aliphatic hydroxyl groups excluding tert-OH is 1. The molecule has 1 atom stereocenters. The van der Waals surface area contributed by atoms with Gasteiger partial charge in [-0.1, -0.05) is 23.7 Å². The molecule has 1 aromatic rings. The zero-order valence-electron chi connectivity index (χ0n) is 9.49. The van der Waals surface area contributed by atoms with Crippen molar-refractivity contribution in [3.05, 3.63) is 34.9 Å². The molecule has 1 aliphatic heterocycles. The molecular formula is C12H16ClN3O. The lowest BCUT2D eigenvalue weighted by atomic mass is 10.1. The van der Waals surface area contributed by atoms with Crippen molar-refractivity contribution in [2.45, 2.75) is 12.5 Å². The molecule has 0 saturated carbocycles. The number of aliphatic hydroxyl groups is 1. The molecule has 0 saturated heterocycles. The van der Waals surface area contributed by atoms with Crippen molar-refractivity contribution in [1.82, 2.24) is 10.6 Å². The van der Waals surface area contributed by atoms with E-state index in [-0.39, 0.29) is 0 Å². The third-order valence-electron chi connectivity index (χ3n) is 2.59. The Bertz CT molecular complexity index is 408. The molecule has 5 heteroatoms. The number of aliphatic imine (C=N–C) groups is 1. The van der Waals surface area contributed by atoms with Crippen LogP contribution >= 0.6 is 11.6 Å². The van der Waals surface area contributed by atoms with E-state index < -0.39 is 6.10 Å². The molecule has 0 bridgehead atoms. The highest BCUT2D eigenvalue weighted by Gasteiger charge is 2.09. The minimum Gasteiger partial charge on any atom is -0.387 e. The molecule has 92 valence electrons. The molecule has 0 spiro atoms. The monoisotopic (exact) mass is 253 g/mol. The van der Waals surface area contributed by atoms with Crippen LogP contribution in [0.2, 0.25) is 5.02 Å². The average Bonchev–Trinajstić information content (AvgIpc) is 2.37. The lowest BCUT2D eigenvalue weighted by Gasteiger charge is -2.18. The first kappa shape index (κ1) is 12.2. The smallest absolute Gasteiger partial charge is 0.191 e. The summed E-state index contributed by atoms with van der Waals surface area (Å²) in [7, 11) is 0. The predicted octanol–water partition coefficient (Wildman–Crippen LogP) is 1.31. The van der Waals surface area contributed by atoms with Gasteiger partial charge < -0.3 is 15.7 Å². The second-order valence-corrected chi connectivity index (χ2v) is 4.40. The molecule has 0 aromatic heterocycles. The van der Waals surface area contributed by atoms with Crippen LogP contribution in [0, 0.1) is 0 Å². The molecule has 0 fully saturated rings. The first-order valence-electron chi connectivity index (χ1n) is 5.71. The third kappa shape index (κ3) is 3.61. The van der Waals surface area contributed by atoms with Gasteiger partial charge >= 0.3 is 0 Å². The van der Waals surface area contributed by atoms with Gasteiger partial charge in [0.1, 0.15) is 0 Å². The summed E-state index contributed by atoms with van der Waals surface area (Å²) in [6.07, 6.45) is 0.474. The summed E-state index contributed by atoms with van der Waals surface area (Å²) in [6, 6.07) is 7.24. The summed E-state index contributed by atoms with van der Waals surface area (Å²) in [5.41, 5.74) is 0.807. The topological polar surface area (TPSA) is 56.6 Å². The summed E-state index contributed by atoms with van der Waals surface area (Å²) in [4.78, 5) is 4.27. The van der Waals surface area contributed by atoms with Gasteiger partial charge in [0.25, 0.3) is 0 Å². The molecule has 1 aromatic carbocycles. The Morgan fingerprint density at radius 2 is 2.41 bits per heavy atom. The first-order chi connectivity index (χ1) is 8.25. The van der Waals surface area contributed by atoms with Crippen molar-refractivity contribution < 1.29 is 5.11 Å². The molecule has 0 aliphatic carbocycles. The van der Waals surface area contributed by atoms with Crippen LogP contribution in [0.15, 0.2) is 29.3 Å². The zero-order chi connectivity index (χ0) is 12.1. The van der Waals surface area contributed by atoms with E-state index in [0.29, 0.717) is 11.6 Å². The van der Waals surface area contributed by atoms with Crippen molar-refractivity contribution in [3.63, 3.8) is 0 Å². The van der Waals surface area contributed by atoms with Crippen molar-refractivity contribution >= 4 is 17.6 Å². The van der Waals surface area contributed by atoms with Crippen LogP contribution in [0.4, 0.5) is 0 Å². The van der Waals surface area contributed by atoms with E-state index in [2.05, 4.69) is 15.6 Å². The standard InChI is InChI=1S/C12H16ClN3O/c13-10-4-1-3-9(7-10)11(17)8-16-12-14-5-2-6-15-12/h1,3-4,7,11,17H,2,5-6,8H2,(H2,14,15,16)/t11-/m1/s1. The number of nitrogens with zero attached hydrogens (tertiary/aromatic N) is 1. The van der Waals surface area contributed by atoms with Crippen LogP contribution < -0.4 is 10.6 Å². The second-order valence-electron chi connectivity index (χ2n) is 3.96. The lowest BCUT2D eigenvalue weighted by molar-refractivity contribution is 0.181. The van der Waals surface area contributed by atoms with Crippen molar-refractivity contribution in [2.24, 2.45) is 4.99 Å². The van der Waals surface area contributed by atoms with Gasteiger partial charge in [-0.2, -0.15) is 0 Å². The lowest BCUT2D eigenvalue weighted by Crippen LogP contribution is -2.42. The van der Waals surface area contributed by atoms with Gasteiger partial charge in [0, 0.05) is 24.7 Å². The molecule has 17 heavy (non-hydrogen) atoms. The van der Waals surface area contributed by atoms with Crippen LogP contribution in [0.1, 0.15) is 18.1 Å². The number of nitrogens with one attached hydrogen (secondary N) is 2.